The Morgan fingerprint density at radius 3 is 2.81 bits per heavy atom. The highest BCUT2D eigenvalue weighted by Gasteiger charge is 2.18. The Kier molecular flexibility index (Phi) is 4.30. The Morgan fingerprint density at radius 2 is 2.38 bits per heavy atom. The number of aromatic carboxylic acids is 1. The molecule has 0 radical (unpaired) electrons. The third kappa shape index (κ3) is 2.96. The van der Waals surface area contributed by atoms with Crippen LogP contribution in [-0.2, 0) is 4.74 Å². The summed E-state index contributed by atoms with van der Waals surface area (Å²) in [7, 11) is 1.61. The molecule has 6 heteroatoms. The fraction of sp³-hybridized carbons (Fsp3) is 0.600. The summed E-state index contributed by atoms with van der Waals surface area (Å²) in [5.41, 5.74) is -0.0851. The van der Waals surface area contributed by atoms with Crippen molar-refractivity contribution in [2.75, 3.05) is 25.2 Å². The smallest absolute Gasteiger partial charge is 0.357 e. The average Bonchev–Trinajstić information content (AvgIpc) is 2.67. The van der Waals surface area contributed by atoms with Gasteiger partial charge in [0.25, 0.3) is 6.01 Å². The second kappa shape index (κ2) is 5.50. The van der Waals surface area contributed by atoms with Crippen LogP contribution in [-0.4, -0.2) is 42.4 Å². The lowest BCUT2D eigenvalue weighted by molar-refractivity contribution is 0.0690. The fourth-order valence-corrected chi connectivity index (χ4v) is 1.26. The van der Waals surface area contributed by atoms with Crippen LogP contribution in [0, 0.1) is 0 Å². The molecule has 1 N–H and O–H groups in total. The molecule has 0 saturated carbocycles. The number of nitrogens with zero attached hydrogens (tertiary/aromatic N) is 2. The summed E-state index contributed by atoms with van der Waals surface area (Å²) >= 11 is 0. The number of methoxy groups -OCH3 is 1. The largest absolute Gasteiger partial charge is 0.476 e. The van der Waals surface area contributed by atoms with E-state index in [-0.39, 0.29) is 11.7 Å². The molecule has 0 amide bonds. The molecule has 16 heavy (non-hydrogen) atoms. The molecule has 0 saturated heterocycles. The summed E-state index contributed by atoms with van der Waals surface area (Å²) in [5, 5.41) is 8.73. The van der Waals surface area contributed by atoms with E-state index in [2.05, 4.69) is 4.98 Å². The van der Waals surface area contributed by atoms with Gasteiger partial charge in [-0.2, -0.15) is 4.98 Å². The fourth-order valence-electron chi connectivity index (χ4n) is 1.26. The Balaban J connectivity index is 2.80. The van der Waals surface area contributed by atoms with Crippen molar-refractivity contribution >= 4 is 12.0 Å². The normalized spacial score (nSPS) is 10.8. The van der Waals surface area contributed by atoms with Gasteiger partial charge in [-0.3, -0.25) is 0 Å². The molecule has 0 aliphatic rings. The summed E-state index contributed by atoms with van der Waals surface area (Å²) in [4.78, 5) is 16.4. The zero-order chi connectivity index (χ0) is 12.1. The molecular weight excluding hydrogens is 212 g/mol. The van der Waals surface area contributed by atoms with Crippen LogP contribution in [0.15, 0.2) is 10.7 Å². The van der Waals surface area contributed by atoms with Crippen LogP contribution in [0.5, 0.6) is 0 Å². The van der Waals surface area contributed by atoms with Crippen molar-refractivity contribution in [3.05, 3.63) is 12.0 Å². The Bertz CT molecular complexity index is 348. The van der Waals surface area contributed by atoms with E-state index in [0.29, 0.717) is 19.2 Å². The quantitative estimate of drug-likeness (QED) is 0.789. The molecule has 1 aromatic rings. The highest BCUT2D eigenvalue weighted by atomic mass is 16.5. The summed E-state index contributed by atoms with van der Waals surface area (Å²) in [6.07, 6.45) is 1.14. The maximum Gasteiger partial charge on any atom is 0.357 e. The molecule has 0 spiro atoms. The van der Waals surface area contributed by atoms with Gasteiger partial charge in [-0.25, -0.2) is 4.79 Å². The summed E-state index contributed by atoms with van der Waals surface area (Å²) in [6, 6.07) is 0.472. The van der Waals surface area contributed by atoms with Gasteiger partial charge in [0, 0.05) is 19.7 Å². The predicted octanol–water partition coefficient (Wildman–Crippen LogP) is 1.23. The van der Waals surface area contributed by atoms with Crippen molar-refractivity contribution in [3.63, 3.8) is 0 Å². The lowest BCUT2D eigenvalue weighted by Gasteiger charge is -2.24. The zero-order valence-electron chi connectivity index (χ0n) is 9.64. The first kappa shape index (κ1) is 12.5. The van der Waals surface area contributed by atoms with Crippen LogP contribution in [0.25, 0.3) is 0 Å². The molecule has 90 valence electrons. The van der Waals surface area contributed by atoms with E-state index in [0.717, 1.165) is 6.26 Å². The van der Waals surface area contributed by atoms with Crippen molar-refractivity contribution in [1.82, 2.24) is 4.98 Å². The number of rotatable bonds is 6. The van der Waals surface area contributed by atoms with E-state index in [4.69, 9.17) is 14.3 Å². The Morgan fingerprint density at radius 1 is 1.69 bits per heavy atom. The van der Waals surface area contributed by atoms with Gasteiger partial charge in [-0.05, 0) is 13.8 Å². The number of aromatic nitrogens is 1. The van der Waals surface area contributed by atoms with Crippen LogP contribution in [0.2, 0.25) is 0 Å². The summed E-state index contributed by atoms with van der Waals surface area (Å²) in [5.74, 6) is -1.09. The van der Waals surface area contributed by atoms with Gasteiger partial charge in [-0.1, -0.05) is 0 Å². The topological polar surface area (TPSA) is 75.8 Å². The van der Waals surface area contributed by atoms with Gasteiger partial charge in [0.2, 0.25) is 0 Å². The first-order valence-electron chi connectivity index (χ1n) is 5.00. The van der Waals surface area contributed by atoms with Gasteiger partial charge >= 0.3 is 5.97 Å². The number of ether oxygens (including phenoxy) is 1. The van der Waals surface area contributed by atoms with E-state index in [1.54, 1.807) is 7.11 Å². The molecule has 1 heterocycles. The standard InChI is InChI=1S/C10H16N2O4/c1-7(2)12(4-5-15-3)10-11-8(6-16-10)9(13)14/h6-7H,4-5H2,1-3H3,(H,13,14). The molecule has 0 aliphatic heterocycles. The molecule has 0 aromatic carbocycles. The van der Waals surface area contributed by atoms with Gasteiger partial charge in [0.05, 0.1) is 6.61 Å². The number of anilines is 1. The molecular formula is C10H16N2O4. The van der Waals surface area contributed by atoms with Crippen molar-refractivity contribution < 1.29 is 19.1 Å². The summed E-state index contributed by atoms with van der Waals surface area (Å²) in [6.45, 7) is 5.08. The molecule has 0 unspecified atom stereocenters. The van der Waals surface area contributed by atoms with Crippen molar-refractivity contribution in [2.45, 2.75) is 19.9 Å². The average molecular weight is 228 g/mol. The number of hydrogen-bond acceptors (Lipinski definition) is 5. The van der Waals surface area contributed by atoms with Gasteiger partial charge < -0.3 is 19.2 Å². The minimum Gasteiger partial charge on any atom is -0.476 e. The highest BCUT2D eigenvalue weighted by Crippen LogP contribution is 2.16. The second-order valence-corrected chi connectivity index (χ2v) is 3.60. The molecule has 0 bridgehead atoms. The van der Waals surface area contributed by atoms with E-state index in [1.807, 2.05) is 18.7 Å². The van der Waals surface area contributed by atoms with Crippen molar-refractivity contribution in [2.24, 2.45) is 0 Å². The SMILES string of the molecule is COCCN(c1nc(C(=O)O)co1)C(C)C. The minimum atomic E-state index is -1.09. The minimum absolute atomic E-state index is 0.0851. The number of carboxylic acids is 1. The number of carbonyl (C=O) groups is 1. The monoisotopic (exact) mass is 228 g/mol. The second-order valence-electron chi connectivity index (χ2n) is 3.60. The van der Waals surface area contributed by atoms with Gasteiger partial charge in [-0.15, -0.1) is 0 Å². The van der Waals surface area contributed by atoms with Crippen LogP contribution in [0.1, 0.15) is 24.3 Å². The Hall–Kier alpha value is -1.56. The van der Waals surface area contributed by atoms with Crippen LogP contribution in [0.4, 0.5) is 6.01 Å². The number of oxazole rings is 1. The molecule has 1 rings (SSSR count). The van der Waals surface area contributed by atoms with E-state index in [1.165, 1.54) is 0 Å². The third-order valence-electron chi connectivity index (χ3n) is 2.12. The van der Waals surface area contributed by atoms with E-state index >= 15 is 0 Å². The maximum atomic E-state index is 10.7. The first-order valence-corrected chi connectivity index (χ1v) is 5.00. The lowest BCUT2D eigenvalue weighted by Crippen LogP contribution is -2.34. The Labute approximate surface area is 93.8 Å². The molecule has 0 atom stereocenters. The van der Waals surface area contributed by atoms with Crippen LogP contribution in [0.3, 0.4) is 0 Å². The highest BCUT2D eigenvalue weighted by molar-refractivity contribution is 5.85. The molecule has 0 aliphatic carbocycles. The lowest BCUT2D eigenvalue weighted by atomic mass is 10.3. The third-order valence-corrected chi connectivity index (χ3v) is 2.12. The van der Waals surface area contributed by atoms with Crippen molar-refractivity contribution in [3.8, 4) is 0 Å². The van der Waals surface area contributed by atoms with Crippen LogP contribution < -0.4 is 4.90 Å². The predicted molar refractivity (Wildman–Crippen MR) is 57.8 cm³/mol. The zero-order valence-corrected chi connectivity index (χ0v) is 9.64. The molecule has 1 aromatic heterocycles. The molecule has 0 fully saturated rings. The summed E-state index contributed by atoms with van der Waals surface area (Å²) < 4.78 is 10.1. The van der Waals surface area contributed by atoms with Gasteiger partial charge in [0.15, 0.2) is 5.69 Å². The van der Waals surface area contributed by atoms with Crippen molar-refractivity contribution in [1.29, 1.82) is 0 Å². The van der Waals surface area contributed by atoms with Gasteiger partial charge in [0.1, 0.15) is 6.26 Å². The van der Waals surface area contributed by atoms with E-state index in [9.17, 15) is 4.79 Å². The number of carboxylic acid groups (broad SMARTS) is 1. The van der Waals surface area contributed by atoms with E-state index < -0.39 is 5.97 Å². The van der Waals surface area contributed by atoms with Crippen LogP contribution >= 0.6 is 0 Å². The first-order chi connectivity index (χ1) is 7.56. The number of hydrogen-bond donors (Lipinski definition) is 1. The maximum absolute atomic E-state index is 10.7. The molecule has 6 nitrogen and oxygen atoms in total.